The molecule has 2 heteroatoms. The number of hydrogen-bond donors (Lipinski definition) is 0. The van der Waals surface area contributed by atoms with Gasteiger partial charge in [-0.1, -0.05) is 242 Å². The SMILES string of the molecule is [2H]c1c([2H])c([2H])c2c(c1[2H])-c1c([2H])c([2H])c([2H])c([2H])c1[Si]2(c1ccccc1)c1cccc(N(c2ccc(C3(C)c4ccccc4-c4ccccc43)cc2)c2ccc(C3(c4ccccc4)c4ccccc4-c4ccccc43)cc2)c1. The van der Waals surface area contributed by atoms with Crippen LogP contribution < -0.4 is 25.6 Å². The first kappa shape index (κ1) is 33.9. The van der Waals surface area contributed by atoms with E-state index in [0.29, 0.717) is 15.6 Å². The lowest BCUT2D eigenvalue weighted by atomic mass is 9.68. The third-order valence-corrected chi connectivity index (χ3v) is 20.4. The molecule has 0 fully saturated rings. The molecule has 0 atom stereocenters. The van der Waals surface area contributed by atoms with E-state index in [1.54, 1.807) is 0 Å². The van der Waals surface area contributed by atoms with Gasteiger partial charge < -0.3 is 4.90 Å². The minimum Gasteiger partial charge on any atom is -0.311 e. The van der Waals surface area contributed by atoms with Crippen LogP contribution in [0.1, 0.15) is 56.8 Å². The zero-order valence-corrected chi connectivity index (χ0v) is 39.9. The van der Waals surface area contributed by atoms with E-state index in [0.717, 1.165) is 38.9 Å². The molecule has 14 rings (SSSR count). The Morgan fingerprint density at radius 1 is 0.338 bits per heavy atom. The van der Waals surface area contributed by atoms with Crippen LogP contribution in [0.4, 0.5) is 17.1 Å². The van der Waals surface area contributed by atoms with Crippen molar-refractivity contribution in [1.82, 2.24) is 0 Å². The summed E-state index contributed by atoms with van der Waals surface area (Å²) in [4.78, 5) is 2.23. The molecule has 11 aromatic carbocycles. The van der Waals surface area contributed by atoms with E-state index in [4.69, 9.17) is 5.48 Å². The van der Waals surface area contributed by atoms with E-state index >= 15 is 0 Å². The Morgan fingerprint density at radius 3 is 1.28 bits per heavy atom. The molecule has 1 aliphatic heterocycles. The number of benzene rings is 11. The molecule has 0 amide bonds. The number of rotatable bonds is 8. The molecule has 1 nitrogen and oxygen atoms in total. The van der Waals surface area contributed by atoms with E-state index in [-0.39, 0.29) is 35.3 Å². The highest BCUT2D eigenvalue weighted by Crippen LogP contribution is 2.57. The quantitative estimate of drug-likeness (QED) is 0.137. The standard InChI is InChI=1S/C69H49NSi/c1-68(62-33-14-8-27-56(62)57-28-9-15-34-63(57)68)48-39-43-51(44-40-48)70(52-45-41-50(42-46-52)69(49-21-4-2-5-22-49)64-35-16-10-29-58(64)59-30-11-17-36-65(59)69)53-23-20-26-55(47-53)71(54-24-6-3-7-25-54)66-37-18-12-31-60(66)61-32-13-19-38-67(61)71/h2-47H,1H3/i12D,13D,18D,19D,31D,32D,37D,38D. The Labute approximate surface area is 428 Å². The van der Waals surface area contributed by atoms with Crippen LogP contribution in [0, 0.1) is 0 Å². The summed E-state index contributed by atoms with van der Waals surface area (Å²) in [6.45, 7) is 2.31. The molecular formula is C69H49NSi. The topological polar surface area (TPSA) is 3.24 Å². The van der Waals surface area contributed by atoms with Crippen molar-refractivity contribution in [2.24, 2.45) is 0 Å². The maximum atomic E-state index is 9.77. The molecule has 1 heterocycles. The summed E-state index contributed by atoms with van der Waals surface area (Å²) < 4.78 is 74.5. The van der Waals surface area contributed by atoms with Gasteiger partial charge in [0.25, 0.3) is 0 Å². The summed E-state index contributed by atoms with van der Waals surface area (Å²) in [5, 5.41) is 2.07. The highest BCUT2D eigenvalue weighted by atomic mass is 28.3. The molecule has 2 aliphatic carbocycles. The zero-order valence-electron chi connectivity index (χ0n) is 46.9. The second kappa shape index (κ2) is 16.0. The normalized spacial score (nSPS) is 16.2. The van der Waals surface area contributed by atoms with Gasteiger partial charge in [0.1, 0.15) is 0 Å². The summed E-state index contributed by atoms with van der Waals surface area (Å²) in [7, 11) is -4.06. The van der Waals surface area contributed by atoms with Gasteiger partial charge in [0.2, 0.25) is 0 Å². The highest BCUT2D eigenvalue weighted by Gasteiger charge is 2.49. The fraction of sp³-hybridized carbons (Fsp3) is 0.0435. The van der Waals surface area contributed by atoms with Gasteiger partial charge in [-0.05, 0) is 136 Å². The Bertz CT molecular complexity index is 4150. The van der Waals surface area contributed by atoms with Crippen molar-refractivity contribution >= 4 is 45.9 Å². The largest absolute Gasteiger partial charge is 0.311 e. The summed E-state index contributed by atoms with van der Waals surface area (Å²) in [6, 6.07) is 77.9. The van der Waals surface area contributed by atoms with Crippen LogP contribution in [0.15, 0.2) is 279 Å². The summed E-state index contributed by atoms with van der Waals surface area (Å²) in [5.74, 6) is 0. The summed E-state index contributed by atoms with van der Waals surface area (Å²) in [6.07, 6.45) is 0. The molecule has 0 saturated heterocycles. The van der Waals surface area contributed by atoms with Crippen molar-refractivity contribution in [2.75, 3.05) is 4.90 Å². The summed E-state index contributed by atoms with van der Waals surface area (Å²) in [5.41, 5.74) is 14.9. The van der Waals surface area contributed by atoms with E-state index in [9.17, 15) is 5.48 Å². The highest BCUT2D eigenvalue weighted by molar-refractivity contribution is 7.22. The second-order valence-corrected chi connectivity index (χ2v) is 22.7. The zero-order chi connectivity index (χ0) is 54.1. The first-order chi connectivity index (χ1) is 38.4. The van der Waals surface area contributed by atoms with Crippen LogP contribution >= 0.6 is 0 Å². The third-order valence-electron chi connectivity index (χ3n) is 15.8. The first-order valence-corrected chi connectivity index (χ1v) is 26.3. The van der Waals surface area contributed by atoms with Gasteiger partial charge in [-0.2, -0.15) is 0 Å². The van der Waals surface area contributed by atoms with Crippen molar-refractivity contribution in [3.8, 4) is 33.4 Å². The van der Waals surface area contributed by atoms with Crippen LogP contribution in [0.3, 0.4) is 0 Å². The van der Waals surface area contributed by atoms with Crippen molar-refractivity contribution < 1.29 is 11.0 Å². The van der Waals surface area contributed by atoms with Crippen LogP contribution in [-0.4, -0.2) is 8.07 Å². The minimum atomic E-state index is -4.06. The molecule has 334 valence electrons. The molecular weight excluding hydrogens is 871 g/mol. The van der Waals surface area contributed by atoms with Crippen molar-refractivity contribution in [3.63, 3.8) is 0 Å². The van der Waals surface area contributed by atoms with Crippen LogP contribution in [0.5, 0.6) is 0 Å². The van der Waals surface area contributed by atoms with Crippen molar-refractivity contribution in [2.45, 2.75) is 17.8 Å². The van der Waals surface area contributed by atoms with Gasteiger partial charge in [0.05, 0.1) is 16.4 Å². The summed E-state index contributed by atoms with van der Waals surface area (Å²) >= 11 is 0. The number of nitrogens with zero attached hydrogens (tertiary/aromatic N) is 1. The monoisotopic (exact) mass is 927 g/mol. The Balaban J connectivity index is 1.01. The van der Waals surface area contributed by atoms with E-state index in [2.05, 4.69) is 200 Å². The number of anilines is 3. The molecule has 0 N–H and O–H groups in total. The van der Waals surface area contributed by atoms with E-state index < -0.39 is 43.1 Å². The van der Waals surface area contributed by atoms with Gasteiger partial charge in [-0.25, -0.2) is 0 Å². The fourth-order valence-electron chi connectivity index (χ4n) is 12.7. The third kappa shape index (κ3) is 5.80. The van der Waals surface area contributed by atoms with Gasteiger partial charge in [0, 0.05) is 22.5 Å². The Kier molecular flexibility index (Phi) is 7.63. The van der Waals surface area contributed by atoms with Crippen molar-refractivity contribution in [1.29, 1.82) is 0 Å². The van der Waals surface area contributed by atoms with Gasteiger partial charge in [-0.3, -0.25) is 0 Å². The second-order valence-electron chi connectivity index (χ2n) is 19.0. The van der Waals surface area contributed by atoms with Gasteiger partial charge in [-0.15, -0.1) is 0 Å². The lowest BCUT2D eigenvalue weighted by molar-refractivity contribution is 0.714. The van der Waals surface area contributed by atoms with E-state index in [1.807, 2.05) is 42.5 Å². The predicted molar refractivity (Wildman–Crippen MR) is 298 cm³/mol. The van der Waals surface area contributed by atoms with Gasteiger partial charge >= 0.3 is 0 Å². The number of hydrogen-bond acceptors (Lipinski definition) is 1. The lowest BCUT2D eigenvalue weighted by Gasteiger charge is -2.35. The molecule has 0 radical (unpaired) electrons. The predicted octanol–water partition coefficient (Wildman–Crippen LogP) is 14.2. The smallest absolute Gasteiger partial charge is 0.180 e. The molecule has 0 bridgehead atoms. The molecule has 3 aliphatic rings. The average molecular weight is 928 g/mol. The molecule has 0 unspecified atom stereocenters. The van der Waals surface area contributed by atoms with Gasteiger partial charge in [0.15, 0.2) is 8.07 Å². The van der Waals surface area contributed by atoms with Crippen LogP contribution in [0.2, 0.25) is 0 Å². The Morgan fingerprint density at radius 2 is 0.746 bits per heavy atom. The lowest BCUT2D eigenvalue weighted by Crippen LogP contribution is -2.72. The van der Waals surface area contributed by atoms with Crippen molar-refractivity contribution in [3.05, 3.63) is 318 Å². The number of fused-ring (bicyclic) bond motifs is 9. The maximum absolute atomic E-state index is 9.77. The van der Waals surface area contributed by atoms with E-state index in [1.165, 1.54) is 44.5 Å². The Hall–Kier alpha value is -8.56. The molecule has 0 spiro atoms. The minimum absolute atomic E-state index is 0.128. The molecule has 0 saturated carbocycles. The molecule has 71 heavy (non-hydrogen) atoms. The van der Waals surface area contributed by atoms with Crippen LogP contribution in [0.25, 0.3) is 33.4 Å². The van der Waals surface area contributed by atoms with Crippen LogP contribution in [-0.2, 0) is 10.8 Å². The molecule has 0 aromatic heterocycles. The first-order valence-electron chi connectivity index (χ1n) is 28.3. The molecule has 11 aromatic rings. The fourth-order valence-corrected chi connectivity index (χ4v) is 17.5. The average Bonchev–Trinajstić information content (AvgIpc) is 2.08. The maximum Gasteiger partial charge on any atom is 0.180 e.